The molecule has 29 heavy (non-hydrogen) atoms. The number of rotatable bonds is 7. The highest BCUT2D eigenvalue weighted by atomic mass is 19.3. The Labute approximate surface area is 166 Å². The number of hydrogen-bond acceptors (Lipinski definition) is 3. The van der Waals surface area contributed by atoms with Gasteiger partial charge in [-0.25, -0.2) is 22.5 Å². The third-order valence-corrected chi connectivity index (χ3v) is 4.52. The molecule has 2 heterocycles. The molecule has 3 nitrogen and oxygen atoms in total. The highest BCUT2D eigenvalue weighted by Gasteiger charge is 2.20. The topological polar surface area (TPSA) is 35.0 Å². The van der Waals surface area contributed by atoms with E-state index in [1.54, 1.807) is 0 Å². The van der Waals surface area contributed by atoms with Crippen molar-refractivity contribution >= 4 is 10.9 Å². The first-order chi connectivity index (χ1) is 13.8. The van der Waals surface area contributed by atoms with Crippen LogP contribution in [0.25, 0.3) is 22.2 Å². The number of alkyl halides is 2. The summed E-state index contributed by atoms with van der Waals surface area (Å²) in [5.74, 6) is -0.910. The molecular weight excluding hydrogens is 384 g/mol. The van der Waals surface area contributed by atoms with Crippen LogP contribution in [0.2, 0.25) is 0 Å². The van der Waals surface area contributed by atoms with Crippen molar-refractivity contribution < 1.29 is 22.3 Å². The molecule has 3 aromatic rings. The zero-order chi connectivity index (χ0) is 21.1. The van der Waals surface area contributed by atoms with E-state index in [1.165, 1.54) is 24.4 Å². The predicted octanol–water partition coefficient (Wildman–Crippen LogP) is 6.57. The lowest BCUT2D eigenvalue weighted by Crippen LogP contribution is -2.12. The van der Waals surface area contributed by atoms with E-state index >= 15 is 0 Å². The Balaban J connectivity index is 1.98. The molecular formula is C22H22F4N2O. The van der Waals surface area contributed by atoms with Crippen molar-refractivity contribution in [1.29, 1.82) is 0 Å². The van der Waals surface area contributed by atoms with Crippen molar-refractivity contribution in [3.63, 3.8) is 0 Å². The summed E-state index contributed by atoms with van der Waals surface area (Å²) in [6, 6.07) is 6.19. The highest BCUT2D eigenvalue weighted by Crippen LogP contribution is 2.34. The third kappa shape index (κ3) is 4.83. The number of fused-ring (bicyclic) bond motifs is 1. The molecule has 0 amide bonds. The van der Waals surface area contributed by atoms with Gasteiger partial charge >= 0.3 is 0 Å². The van der Waals surface area contributed by atoms with Gasteiger partial charge in [-0.2, -0.15) is 0 Å². The summed E-state index contributed by atoms with van der Waals surface area (Å²) >= 11 is 0. The van der Waals surface area contributed by atoms with Crippen molar-refractivity contribution in [1.82, 2.24) is 9.97 Å². The fraction of sp³-hybridized carbons (Fsp3) is 0.364. The fourth-order valence-electron chi connectivity index (χ4n) is 3.41. The Kier molecular flexibility index (Phi) is 6.35. The van der Waals surface area contributed by atoms with Gasteiger partial charge in [0.2, 0.25) is 0 Å². The summed E-state index contributed by atoms with van der Waals surface area (Å²) in [6.07, 6.45) is -0.590. The first-order valence-electron chi connectivity index (χ1n) is 9.42. The molecule has 2 aromatic heterocycles. The summed E-state index contributed by atoms with van der Waals surface area (Å²) in [5.41, 5.74) is -0.0233. The van der Waals surface area contributed by atoms with Gasteiger partial charge in [0.05, 0.1) is 17.8 Å². The molecule has 0 radical (unpaired) electrons. The van der Waals surface area contributed by atoms with Crippen LogP contribution in [0, 0.1) is 23.5 Å². The van der Waals surface area contributed by atoms with E-state index in [-0.39, 0.29) is 33.8 Å². The summed E-state index contributed by atoms with van der Waals surface area (Å²) in [4.78, 5) is 7.99. The van der Waals surface area contributed by atoms with Crippen LogP contribution in [0.5, 0.6) is 5.75 Å². The molecule has 0 spiro atoms. The van der Waals surface area contributed by atoms with Crippen molar-refractivity contribution in [2.45, 2.75) is 33.6 Å². The molecule has 0 unspecified atom stereocenters. The average Bonchev–Trinajstić information content (AvgIpc) is 2.64. The minimum atomic E-state index is -2.86. The van der Waals surface area contributed by atoms with Crippen LogP contribution < -0.4 is 4.74 Å². The largest absolute Gasteiger partial charge is 0.491 e. The Bertz CT molecular complexity index is 1010. The van der Waals surface area contributed by atoms with Gasteiger partial charge in [-0.05, 0) is 36.5 Å². The molecule has 0 saturated heterocycles. The van der Waals surface area contributed by atoms with Crippen molar-refractivity contribution in [3.8, 4) is 17.0 Å². The molecule has 154 valence electrons. The predicted molar refractivity (Wildman–Crippen MR) is 104 cm³/mol. The van der Waals surface area contributed by atoms with Gasteiger partial charge in [0.15, 0.2) is 0 Å². The minimum absolute atomic E-state index is 0.00392. The maximum Gasteiger partial charge on any atom is 0.284 e. The monoisotopic (exact) mass is 406 g/mol. The molecule has 1 atom stereocenters. The molecule has 0 aliphatic carbocycles. The van der Waals surface area contributed by atoms with Crippen LogP contribution in [0.3, 0.4) is 0 Å². The third-order valence-electron chi connectivity index (χ3n) is 4.52. The van der Waals surface area contributed by atoms with Crippen molar-refractivity contribution in [2.24, 2.45) is 11.8 Å². The van der Waals surface area contributed by atoms with Crippen LogP contribution >= 0.6 is 0 Å². The van der Waals surface area contributed by atoms with Gasteiger partial charge in [-0.15, -0.1) is 0 Å². The zero-order valence-corrected chi connectivity index (χ0v) is 16.4. The number of ether oxygens (including phenoxy) is 1. The van der Waals surface area contributed by atoms with Crippen molar-refractivity contribution in [2.75, 3.05) is 6.61 Å². The van der Waals surface area contributed by atoms with Gasteiger partial charge in [0, 0.05) is 29.3 Å². The van der Waals surface area contributed by atoms with Crippen LogP contribution in [-0.4, -0.2) is 16.6 Å². The van der Waals surface area contributed by atoms with E-state index < -0.39 is 23.8 Å². The van der Waals surface area contributed by atoms with Gasteiger partial charge in [0.25, 0.3) is 6.43 Å². The molecule has 0 bridgehead atoms. The van der Waals surface area contributed by atoms with E-state index in [1.807, 2.05) is 6.92 Å². The lowest BCUT2D eigenvalue weighted by Gasteiger charge is -2.17. The second-order valence-electron chi connectivity index (χ2n) is 7.57. The fourth-order valence-corrected chi connectivity index (χ4v) is 3.41. The Morgan fingerprint density at radius 2 is 1.79 bits per heavy atom. The summed E-state index contributed by atoms with van der Waals surface area (Å²) in [6.45, 7) is 6.46. The molecule has 0 saturated carbocycles. The smallest absolute Gasteiger partial charge is 0.284 e. The van der Waals surface area contributed by atoms with Crippen molar-refractivity contribution in [3.05, 3.63) is 53.9 Å². The molecule has 0 aliphatic rings. The number of hydrogen-bond donors (Lipinski definition) is 0. The summed E-state index contributed by atoms with van der Waals surface area (Å²) in [5, 5.41) is 0.0286. The highest BCUT2D eigenvalue weighted by molar-refractivity contribution is 5.93. The second kappa shape index (κ2) is 8.76. The zero-order valence-electron chi connectivity index (χ0n) is 16.4. The average molecular weight is 406 g/mol. The standard InChI is InChI=1S/C22H22F4N2O/c1-12(2)8-13(3)11-29-19-5-4-17(28-21(19)22(25)26)15-6-7-27-18-10-14(23)9-16(24)20(15)18/h4-7,9-10,12-13,22H,8,11H2,1-3H3/t13-/m1/s1. The van der Waals surface area contributed by atoms with E-state index in [0.717, 1.165) is 18.6 Å². The number of pyridine rings is 2. The Morgan fingerprint density at radius 3 is 2.48 bits per heavy atom. The quantitative estimate of drug-likeness (QED) is 0.416. The number of benzene rings is 1. The van der Waals surface area contributed by atoms with E-state index in [0.29, 0.717) is 12.5 Å². The summed E-state index contributed by atoms with van der Waals surface area (Å²) < 4.78 is 60.7. The Morgan fingerprint density at radius 1 is 1.03 bits per heavy atom. The number of aromatic nitrogens is 2. The van der Waals surface area contributed by atoms with Crippen LogP contribution in [-0.2, 0) is 0 Å². The van der Waals surface area contributed by atoms with Gasteiger partial charge in [-0.3, -0.25) is 4.98 Å². The van der Waals surface area contributed by atoms with E-state index in [4.69, 9.17) is 4.74 Å². The second-order valence-corrected chi connectivity index (χ2v) is 7.57. The normalized spacial score (nSPS) is 12.7. The molecule has 7 heteroatoms. The van der Waals surface area contributed by atoms with Crippen LogP contribution in [0.1, 0.15) is 39.3 Å². The molecule has 3 rings (SSSR count). The molecule has 0 aliphatic heterocycles. The van der Waals surface area contributed by atoms with E-state index in [2.05, 4.69) is 23.8 Å². The molecule has 0 fully saturated rings. The lowest BCUT2D eigenvalue weighted by atomic mass is 10.00. The maximum absolute atomic E-state index is 14.4. The van der Waals surface area contributed by atoms with Gasteiger partial charge in [-0.1, -0.05) is 20.8 Å². The number of nitrogens with zero attached hydrogens (tertiary/aromatic N) is 2. The molecule has 0 N–H and O–H groups in total. The number of halogens is 4. The SMILES string of the molecule is CC(C)C[C@@H](C)COc1ccc(-c2ccnc3cc(F)cc(F)c23)nc1C(F)F. The van der Waals surface area contributed by atoms with Gasteiger partial charge in [0.1, 0.15) is 23.1 Å². The lowest BCUT2D eigenvalue weighted by molar-refractivity contribution is 0.137. The first-order valence-corrected chi connectivity index (χ1v) is 9.42. The minimum Gasteiger partial charge on any atom is -0.491 e. The van der Waals surface area contributed by atoms with E-state index in [9.17, 15) is 17.6 Å². The first kappa shape index (κ1) is 21.0. The Hall–Kier alpha value is -2.70. The van der Waals surface area contributed by atoms with Gasteiger partial charge < -0.3 is 4.74 Å². The maximum atomic E-state index is 14.4. The molecule has 1 aromatic carbocycles. The van der Waals surface area contributed by atoms with Crippen LogP contribution in [0.15, 0.2) is 36.5 Å². The summed E-state index contributed by atoms with van der Waals surface area (Å²) in [7, 11) is 0. The van der Waals surface area contributed by atoms with Crippen LogP contribution in [0.4, 0.5) is 17.6 Å².